The molecule has 92 valence electrons. The molecule has 0 saturated carbocycles. The van der Waals surface area contributed by atoms with Crippen molar-refractivity contribution in [3.8, 4) is 0 Å². The van der Waals surface area contributed by atoms with Crippen LogP contribution in [0.1, 0.15) is 15.2 Å². The van der Waals surface area contributed by atoms with Gasteiger partial charge >= 0.3 is 0 Å². The van der Waals surface area contributed by atoms with E-state index in [-0.39, 0.29) is 5.91 Å². The Balaban J connectivity index is 2.01. The van der Waals surface area contributed by atoms with Gasteiger partial charge in [-0.3, -0.25) is 4.79 Å². The first-order chi connectivity index (χ1) is 8.66. The number of nitrogens with one attached hydrogen (secondary N) is 1. The van der Waals surface area contributed by atoms with Crippen molar-refractivity contribution >= 4 is 46.7 Å². The van der Waals surface area contributed by atoms with Crippen LogP contribution in [0.2, 0.25) is 10.0 Å². The summed E-state index contributed by atoms with van der Waals surface area (Å²) < 4.78 is 0. The predicted molar refractivity (Wildman–Crippen MR) is 75.8 cm³/mol. The largest absolute Gasteiger partial charge is 0.271 e. The number of benzene rings is 1. The number of hydrogen-bond acceptors (Lipinski definition) is 3. The number of rotatable bonds is 3. The number of hydrogen-bond donors (Lipinski definition) is 1. The number of hydrazone groups is 1. The monoisotopic (exact) mass is 298 g/mol. The second-order valence-electron chi connectivity index (χ2n) is 3.34. The lowest BCUT2D eigenvalue weighted by Crippen LogP contribution is -2.17. The molecule has 0 aliphatic carbocycles. The molecule has 1 heterocycles. The van der Waals surface area contributed by atoms with Gasteiger partial charge in [0.2, 0.25) is 0 Å². The van der Waals surface area contributed by atoms with E-state index in [2.05, 4.69) is 10.5 Å². The third kappa shape index (κ3) is 3.32. The number of nitrogens with zero attached hydrogens (tertiary/aromatic N) is 1. The average Bonchev–Trinajstić information content (AvgIpc) is 2.85. The van der Waals surface area contributed by atoms with E-state index < -0.39 is 0 Å². The summed E-state index contributed by atoms with van der Waals surface area (Å²) in [6.07, 6.45) is 1.58. The molecule has 0 atom stereocenters. The zero-order valence-electron chi connectivity index (χ0n) is 9.06. The predicted octanol–water partition coefficient (Wildman–Crippen LogP) is 3.82. The van der Waals surface area contributed by atoms with Crippen molar-refractivity contribution in [3.05, 3.63) is 56.2 Å². The first-order valence-electron chi connectivity index (χ1n) is 4.99. The van der Waals surface area contributed by atoms with E-state index in [0.29, 0.717) is 15.6 Å². The molecule has 1 aromatic carbocycles. The molecule has 0 bridgehead atoms. The summed E-state index contributed by atoms with van der Waals surface area (Å²) in [5.41, 5.74) is 2.83. The van der Waals surface area contributed by atoms with Gasteiger partial charge in [-0.2, -0.15) is 5.10 Å². The Morgan fingerprint density at radius 1 is 1.28 bits per heavy atom. The fraction of sp³-hybridized carbons (Fsp3) is 0. The van der Waals surface area contributed by atoms with E-state index in [4.69, 9.17) is 23.2 Å². The van der Waals surface area contributed by atoms with Crippen molar-refractivity contribution in [2.45, 2.75) is 0 Å². The second-order valence-corrected chi connectivity index (χ2v) is 5.14. The van der Waals surface area contributed by atoms with Gasteiger partial charge in [-0.05, 0) is 29.6 Å². The molecule has 0 spiro atoms. The van der Waals surface area contributed by atoms with Crippen molar-refractivity contribution in [3.63, 3.8) is 0 Å². The number of carbonyl (C=O) groups excluding carboxylic acids is 1. The summed E-state index contributed by atoms with van der Waals surface area (Å²) in [4.78, 5) is 12.7. The van der Waals surface area contributed by atoms with Crippen LogP contribution in [0.15, 0.2) is 40.8 Å². The van der Waals surface area contributed by atoms with Gasteiger partial charge in [-0.15, -0.1) is 11.3 Å². The summed E-state index contributed by atoms with van der Waals surface area (Å²) >= 11 is 13.1. The van der Waals surface area contributed by atoms with Crippen LogP contribution in [0, 0.1) is 0 Å². The van der Waals surface area contributed by atoms with Gasteiger partial charge in [0.1, 0.15) is 0 Å². The summed E-state index contributed by atoms with van der Waals surface area (Å²) in [6.45, 7) is 0. The van der Waals surface area contributed by atoms with E-state index in [9.17, 15) is 4.79 Å². The molecule has 1 aromatic heterocycles. The van der Waals surface area contributed by atoms with E-state index in [1.165, 1.54) is 17.4 Å². The molecule has 3 nitrogen and oxygen atoms in total. The molecular weight excluding hydrogens is 291 g/mol. The molecule has 1 amide bonds. The molecule has 1 N–H and O–H groups in total. The fourth-order valence-electron chi connectivity index (χ4n) is 1.22. The maximum Gasteiger partial charge on any atom is 0.271 e. The summed E-state index contributed by atoms with van der Waals surface area (Å²) in [6, 6.07) is 8.47. The minimum absolute atomic E-state index is 0.332. The molecule has 0 radical (unpaired) electrons. The smallest absolute Gasteiger partial charge is 0.267 e. The molecule has 0 fully saturated rings. The number of amides is 1. The van der Waals surface area contributed by atoms with Crippen LogP contribution in [0.4, 0.5) is 0 Å². The van der Waals surface area contributed by atoms with Crippen molar-refractivity contribution in [2.24, 2.45) is 5.10 Å². The zero-order chi connectivity index (χ0) is 13.0. The first-order valence-corrected chi connectivity index (χ1v) is 6.62. The van der Waals surface area contributed by atoms with Gasteiger partial charge in [0.25, 0.3) is 5.91 Å². The van der Waals surface area contributed by atoms with Crippen LogP contribution in [0.25, 0.3) is 0 Å². The lowest BCUT2D eigenvalue weighted by molar-refractivity contribution is 0.0955. The molecule has 6 heteroatoms. The molecular formula is C12H8Cl2N2OS. The Kier molecular flexibility index (Phi) is 4.36. The van der Waals surface area contributed by atoms with Crippen molar-refractivity contribution in [1.82, 2.24) is 5.43 Å². The second kappa shape index (κ2) is 6.00. The van der Waals surface area contributed by atoms with Gasteiger partial charge < -0.3 is 0 Å². The summed E-state index contributed by atoms with van der Waals surface area (Å²) in [5, 5.41) is 6.54. The Labute approximate surface area is 118 Å². The lowest BCUT2D eigenvalue weighted by Gasteiger charge is -2.01. The fourth-order valence-corrected chi connectivity index (χ4v) is 2.10. The summed E-state index contributed by atoms with van der Waals surface area (Å²) in [7, 11) is 0. The Bertz CT molecular complexity index is 582. The topological polar surface area (TPSA) is 41.5 Å². The van der Waals surface area contributed by atoms with Crippen molar-refractivity contribution in [1.29, 1.82) is 0 Å². The summed E-state index contributed by atoms with van der Waals surface area (Å²) in [5.74, 6) is -0.332. The minimum atomic E-state index is -0.332. The lowest BCUT2D eigenvalue weighted by atomic mass is 10.2. The first kappa shape index (κ1) is 13.1. The van der Waals surface area contributed by atoms with Gasteiger partial charge in [0.05, 0.1) is 16.3 Å². The highest BCUT2D eigenvalue weighted by Crippen LogP contribution is 2.22. The number of carbonyl (C=O) groups is 1. The van der Waals surface area contributed by atoms with Crippen LogP contribution in [0.5, 0.6) is 0 Å². The van der Waals surface area contributed by atoms with E-state index >= 15 is 0 Å². The number of thiophene rings is 1. The third-order valence-corrected chi connectivity index (χ3v) is 3.63. The molecule has 0 saturated heterocycles. The maximum atomic E-state index is 11.7. The molecule has 18 heavy (non-hydrogen) atoms. The highest BCUT2D eigenvalue weighted by molar-refractivity contribution is 7.11. The maximum absolute atomic E-state index is 11.7. The molecule has 0 aliphatic heterocycles. The molecule has 0 aliphatic rings. The molecule has 2 rings (SSSR count). The van der Waals surface area contributed by atoms with Crippen LogP contribution in [0.3, 0.4) is 0 Å². The Hall–Kier alpha value is -1.36. The van der Waals surface area contributed by atoms with Crippen molar-refractivity contribution < 1.29 is 4.79 Å². The normalized spacial score (nSPS) is 10.8. The highest BCUT2D eigenvalue weighted by Gasteiger charge is 2.06. The zero-order valence-corrected chi connectivity index (χ0v) is 11.4. The average molecular weight is 299 g/mol. The quantitative estimate of drug-likeness (QED) is 0.679. The van der Waals surface area contributed by atoms with Gasteiger partial charge in [0.15, 0.2) is 0 Å². The minimum Gasteiger partial charge on any atom is -0.267 e. The van der Waals surface area contributed by atoms with Gasteiger partial charge in [-0.1, -0.05) is 29.3 Å². The van der Waals surface area contributed by atoms with E-state index in [1.807, 2.05) is 17.5 Å². The molecule has 2 aromatic rings. The Morgan fingerprint density at radius 3 is 2.78 bits per heavy atom. The van der Waals surface area contributed by atoms with Gasteiger partial charge in [-0.25, -0.2) is 5.43 Å². The van der Waals surface area contributed by atoms with Crippen LogP contribution < -0.4 is 5.43 Å². The highest BCUT2D eigenvalue weighted by atomic mass is 35.5. The van der Waals surface area contributed by atoms with Crippen LogP contribution in [-0.4, -0.2) is 12.1 Å². The van der Waals surface area contributed by atoms with Crippen molar-refractivity contribution in [2.75, 3.05) is 0 Å². The van der Waals surface area contributed by atoms with E-state index in [1.54, 1.807) is 18.3 Å². The van der Waals surface area contributed by atoms with Gasteiger partial charge in [0, 0.05) is 10.4 Å². The van der Waals surface area contributed by atoms with E-state index in [0.717, 1.165) is 4.88 Å². The Morgan fingerprint density at radius 2 is 2.11 bits per heavy atom. The number of halogens is 2. The van der Waals surface area contributed by atoms with Crippen LogP contribution in [-0.2, 0) is 0 Å². The SMILES string of the molecule is O=C(NN=Cc1cccs1)c1ccc(Cl)c(Cl)c1. The molecule has 0 unspecified atom stereocenters. The van der Waals surface area contributed by atoms with Crippen LogP contribution >= 0.6 is 34.5 Å². The standard InChI is InChI=1S/C12H8Cl2N2OS/c13-10-4-3-8(6-11(10)14)12(17)16-15-7-9-2-1-5-18-9/h1-7H,(H,16,17). The third-order valence-electron chi connectivity index (χ3n) is 2.08.